The quantitative estimate of drug-likeness (QED) is 0.865. The summed E-state index contributed by atoms with van der Waals surface area (Å²) in [5, 5.41) is 2.95. The van der Waals surface area contributed by atoms with Crippen LogP contribution in [0.1, 0.15) is 22.3 Å². The summed E-state index contributed by atoms with van der Waals surface area (Å²) in [7, 11) is 1.66. The lowest BCUT2D eigenvalue weighted by molar-refractivity contribution is -0.120. The molecule has 7 heteroatoms. The molecular weight excluding hydrogens is 357 g/mol. The van der Waals surface area contributed by atoms with Gasteiger partial charge in [-0.25, -0.2) is 9.18 Å². The highest BCUT2D eigenvalue weighted by Crippen LogP contribution is 2.35. The first-order valence-electron chi connectivity index (χ1n) is 8.16. The minimum atomic E-state index is -0.737. The van der Waals surface area contributed by atoms with Crippen molar-refractivity contribution in [1.29, 1.82) is 0 Å². The van der Waals surface area contributed by atoms with Crippen LogP contribution in [-0.4, -0.2) is 25.0 Å². The molecule has 3 rings (SSSR count). The van der Waals surface area contributed by atoms with Crippen molar-refractivity contribution < 1.29 is 14.0 Å². The average molecular weight is 376 g/mol. The molecule has 26 heavy (non-hydrogen) atoms. The predicted molar refractivity (Wildman–Crippen MR) is 99.0 cm³/mol. The number of nitrogens with one attached hydrogen (secondary N) is 1. The highest BCUT2D eigenvalue weighted by Gasteiger charge is 2.33. The van der Waals surface area contributed by atoms with Crippen molar-refractivity contribution in [3.8, 4) is 0 Å². The van der Waals surface area contributed by atoms with Crippen LogP contribution in [-0.2, 0) is 17.6 Å². The van der Waals surface area contributed by atoms with E-state index in [-0.39, 0.29) is 11.7 Å². The number of hydrogen-bond donors (Lipinski definition) is 2. The number of benzene rings is 2. The number of likely N-dealkylation sites (N-methyl/N-ethyl adjacent to an activating group) is 1. The van der Waals surface area contributed by atoms with Gasteiger partial charge in [0.1, 0.15) is 11.9 Å². The Hall–Kier alpha value is -2.60. The van der Waals surface area contributed by atoms with Crippen molar-refractivity contribution in [2.45, 2.75) is 25.8 Å². The zero-order valence-electron chi connectivity index (χ0n) is 14.5. The predicted octanol–water partition coefficient (Wildman–Crippen LogP) is 2.93. The van der Waals surface area contributed by atoms with E-state index in [9.17, 15) is 14.0 Å². The van der Waals surface area contributed by atoms with Crippen molar-refractivity contribution in [3.05, 3.63) is 63.4 Å². The highest BCUT2D eigenvalue weighted by molar-refractivity contribution is 6.31. The zero-order valence-corrected chi connectivity index (χ0v) is 15.2. The molecule has 0 bridgehead atoms. The monoisotopic (exact) mass is 375 g/mol. The molecule has 0 radical (unpaired) electrons. The largest absolute Gasteiger partial charge is 0.352 e. The summed E-state index contributed by atoms with van der Waals surface area (Å²) in [4.78, 5) is 25.3. The van der Waals surface area contributed by atoms with E-state index in [0.717, 1.165) is 22.4 Å². The molecule has 3 amide bonds. The molecule has 2 aromatic carbocycles. The van der Waals surface area contributed by atoms with Crippen LogP contribution in [0.15, 0.2) is 30.3 Å². The lowest BCUT2D eigenvalue weighted by atomic mass is 9.89. The van der Waals surface area contributed by atoms with E-state index in [1.807, 2.05) is 19.1 Å². The maximum absolute atomic E-state index is 13.6. The third-order valence-corrected chi connectivity index (χ3v) is 5.05. The van der Waals surface area contributed by atoms with Crippen LogP contribution in [0.5, 0.6) is 0 Å². The molecule has 1 heterocycles. The second-order valence-corrected chi connectivity index (χ2v) is 6.85. The number of anilines is 1. The number of fused-ring (bicyclic) bond motifs is 1. The SMILES string of the molecule is Cc1ccc2c(c1Cc1cc(F)ccc1Cl)N(C)C(=O)[C@H](NC(N)=O)C2. The average Bonchev–Trinajstić information content (AvgIpc) is 2.57. The lowest BCUT2D eigenvalue weighted by Gasteiger charge is -2.34. The van der Waals surface area contributed by atoms with Gasteiger partial charge in [-0.1, -0.05) is 23.7 Å². The number of urea groups is 1. The van der Waals surface area contributed by atoms with Gasteiger partial charge in [0.15, 0.2) is 0 Å². The number of carbonyl (C=O) groups excluding carboxylic acids is 2. The van der Waals surface area contributed by atoms with Crippen molar-refractivity contribution in [2.24, 2.45) is 5.73 Å². The number of nitrogens with two attached hydrogens (primary N) is 1. The van der Waals surface area contributed by atoms with Gasteiger partial charge in [0.2, 0.25) is 5.91 Å². The Bertz CT molecular complexity index is 901. The van der Waals surface area contributed by atoms with Gasteiger partial charge in [-0.15, -0.1) is 0 Å². The van der Waals surface area contributed by atoms with Gasteiger partial charge < -0.3 is 16.0 Å². The number of primary amides is 1. The smallest absolute Gasteiger partial charge is 0.312 e. The Kier molecular flexibility index (Phi) is 4.87. The van der Waals surface area contributed by atoms with Gasteiger partial charge >= 0.3 is 6.03 Å². The van der Waals surface area contributed by atoms with E-state index in [2.05, 4.69) is 5.32 Å². The molecule has 0 spiro atoms. The Balaban J connectivity index is 2.05. The summed E-state index contributed by atoms with van der Waals surface area (Å²) in [5.41, 5.74) is 9.40. The van der Waals surface area contributed by atoms with Crippen molar-refractivity contribution in [3.63, 3.8) is 0 Å². The molecule has 1 atom stereocenters. The first kappa shape index (κ1) is 18.2. The molecular formula is C19H19ClFN3O2. The van der Waals surface area contributed by atoms with Crippen LogP contribution < -0.4 is 16.0 Å². The molecule has 1 aliphatic heterocycles. The van der Waals surface area contributed by atoms with E-state index in [1.165, 1.54) is 23.1 Å². The van der Waals surface area contributed by atoms with E-state index in [4.69, 9.17) is 17.3 Å². The normalized spacial score (nSPS) is 16.4. The van der Waals surface area contributed by atoms with E-state index < -0.39 is 12.1 Å². The fourth-order valence-electron chi connectivity index (χ4n) is 3.40. The van der Waals surface area contributed by atoms with Crippen molar-refractivity contribution in [1.82, 2.24) is 5.32 Å². The van der Waals surface area contributed by atoms with E-state index in [1.54, 1.807) is 7.05 Å². The molecule has 1 aliphatic rings. The minimum Gasteiger partial charge on any atom is -0.352 e. The highest BCUT2D eigenvalue weighted by atomic mass is 35.5. The second-order valence-electron chi connectivity index (χ2n) is 6.44. The van der Waals surface area contributed by atoms with Crippen LogP contribution in [0.25, 0.3) is 0 Å². The molecule has 0 unspecified atom stereocenters. The van der Waals surface area contributed by atoms with E-state index in [0.29, 0.717) is 23.4 Å². The molecule has 0 aromatic heterocycles. The molecule has 0 saturated carbocycles. The molecule has 0 aliphatic carbocycles. The van der Waals surface area contributed by atoms with Crippen LogP contribution in [0.2, 0.25) is 5.02 Å². The number of rotatable bonds is 3. The molecule has 0 fully saturated rings. The molecule has 0 saturated heterocycles. The third kappa shape index (κ3) is 3.37. The second kappa shape index (κ2) is 6.96. The van der Waals surface area contributed by atoms with Gasteiger partial charge in [-0.05, 0) is 47.4 Å². The number of halogens is 2. The first-order chi connectivity index (χ1) is 12.3. The van der Waals surface area contributed by atoms with Crippen LogP contribution in [0.4, 0.5) is 14.9 Å². The third-order valence-electron chi connectivity index (χ3n) is 4.68. The number of hydrogen-bond acceptors (Lipinski definition) is 2. The number of aryl methyl sites for hydroxylation is 1. The van der Waals surface area contributed by atoms with Gasteiger partial charge in [0.05, 0.1) is 5.69 Å². The maximum Gasteiger partial charge on any atom is 0.312 e. The Morgan fingerprint density at radius 3 is 2.81 bits per heavy atom. The fraction of sp³-hybridized carbons (Fsp3) is 0.263. The summed E-state index contributed by atoms with van der Waals surface area (Å²) in [5.74, 6) is -0.601. The zero-order chi connectivity index (χ0) is 19.0. The van der Waals surface area contributed by atoms with Crippen LogP contribution in [0, 0.1) is 12.7 Å². The number of amides is 3. The summed E-state index contributed by atoms with van der Waals surface area (Å²) >= 11 is 6.22. The maximum atomic E-state index is 13.6. The lowest BCUT2D eigenvalue weighted by Crippen LogP contribution is -2.53. The van der Waals surface area contributed by atoms with Crippen molar-refractivity contribution in [2.75, 3.05) is 11.9 Å². The van der Waals surface area contributed by atoms with Crippen LogP contribution in [0.3, 0.4) is 0 Å². The summed E-state index contributed by atoms with van der Waals surface area (Å²) in [6, 6.07) is 6.70. The van der Waals surface area contributed by atoms with Gasteiger partial charge in [-0.3, -0.25) is 4.79 Å². The van der Waals surface area contributed by atoms with Crippen molar-refractivity contribution >= 4 is 29.2 Å². The molecule has 5 nitrogen and oxygen atoms in total. The number of nitrogens with zero attached hydrogens (tertiary/aromatic N) is 1. The summed E-state index contributed by atoms with van der Waals surface area (Å²) in [6.07, 6.45) is 0.753. The van der Waals surface area contributed by atoms with Gasteiger partial charge in [-0.2, -0.15) is 0 Å². The molecule has 136 valence electrons. The van der Waals surface area contributed by atoms with Gasteiger partial charge in [0.25, 0.3) is 0 Å². The Labute approximate surface area is 155 Å². The Morgan fingerprint density at radius 1 is 1.38 bits per heavy atom. The standard InChI is InChI=1S/C19H19ClFN3O2/c1-10-3-4-11-9-16(23-19(22)26)18(25)24(2)17(11)14(10)8-12-7-13(21)5-6-15(12)20/h3-7,16H,8-9H2,1-2H3,(H3,22,23,26)/t16-/m1/s1. The summed E-state index contributed by atoms with van der Waals surface area (Å²) in [6.45, 7) is 1.94. The summed E-state index contributed by atoms with van der Waals surface area (Å²) < 4.78 is 13.6. The molecule has 2 aromatic rings. The minimum absolute atomic E-state index is 0.242. The van der Waals surface area contributed by atoms with Gasteiger partial charge in [0, 0.05) is 24.9 Å². The van der Waals surface area contributed by atoms with Crippen LogP contribution >= 0.6 is 11.6 Å². The fourth-order valence-corrected chi connectivity index (χ4v) is 3.58. The Morgan fingerprint density at radius 2 is 2.12 bits per heavy atom. The van der Waals surface area contributed by atoms with E-state index >= 15 is 0 Å². The first-order valence-corrected chi connectivity index (χ1v) is 8.54. The molecule has 3 N–H and O–H groups in total. The topological polar surface area (TPSA) is 75.4 Å². The number of carbonyl (C=O) groups is 2.